The van der Waals surface area contributed by atoms with Crippen molar-refractivity contribution in [2.45, 2.75) is 58.9 Å². The van der Waals surface area contributed by atoms with Crippen LogP contribution >= 0.6 is 0 Å². The molecule has 78 valence electrons. The van der Waals surface area contributed by atoms with E-state index >= 15 is 0 Å². The Morgan fingerprint density at radius 1 is 1.08 bits per heavy atom. The molecule has 1 heteroatoms. The van der Waals surface area contributed by atoms with E-state index in [2.05, 4.69) is 26.1 Å². The van der Waals surface area contributed by atoms with Gasteiger partial charge < -0.3 is 5.32 Å². The van der Waals surface area contributed by atoms with Crippen molar-refractivity contribution in [1.82, 2.24) is 5.32 Å². The maximum absolute atomic E-state index is 3.68. The van der Waals surface area contributed by atoms with Crippen molar-refractivity contribution in [2.75, 3.05) is 6.54 Å². The fraction of sp³-hybridized carbons (Fsp3) is 1.00. The molecule has 1 fully saturated rings. The molecule has 13 heavy (non-hydrogen) atoms. The summed E-state index contributed by atoms with van der Waals surface area (Å²) in [7, 11) is 0. The van der Waals surface area contributed by atoms with Gasteiger partial charge in [-0.15, -0.1) is 0 Å². The van der Waals surface area contributed by atoms with E-state index in [1.807, 2.05) is 0 Å². The van der Waals surface area contributed by atoms with E-state index in [9.17, 15) is 0 Å². The third kappa shape index (κ3) is 4.12. The van der Waals surface area contributed by atoms with E-state index in [1.165, 1.54) is 38.6 Å². The minimum atomic E-state index is 0.810. The molecule has 2 unspecified atom stereocenters. The third-order valence-corrected chi connectivity index (χ3v) is 3.14. The van der Waals surface area contributed by atoms with Crippen LogP contribution in [0.1, 0.15) is 52.9 Å². The first-order chi connectivity index (χ1) is 6.22. The average Bonchev–Trinajstić information content (AvgIpc) is 2.03. The first kappa shape index (κ1) is 11.0. The zero-order chi connectivity index (χ0) is 9.68. The Kier molecular flexibility index (Phi) is 4.79. The Bertz CT molecular complexity index is 123. The summed E-state index contributed by atoms with van der Waals surface area (Å²) in [5.41, 5.74) is 0. The molecule has 0 heterocycles. The van der Waals surface area contributed by atoms with Gasteiger partial charge in [0.2, 0.25) is 0 Å². The van der Waals surface area contributed by atoms with Gasteiger partial charge in [-0.05, 0) is 44.1 Å². The Morgan fingerprint density at radius 2 is 1.69 bits per heavy atom. The normalized spacial score (nSPS) is 34.8. The highest BCUT2D eigenvalue weighted by molar-refractivity contribution is 4.79. The van der Waals surface area contributed by atoms with Crippen LogP contribution in [0.5, 0.6) is 0 Å². The molecule has 1 N–H and O–H groups in total. The fourth-order valence-corrected chi connectivity index (χ4v) is 2.60. The zero-order valence-electron chi connectivity index (χ0n) is 9.47. The molecule has 0 aromatic rings. The molecule has 1 rings (SSSR count). The van der Waals surface area contributed by atoms with Gasteiger partial charge in [0.15, 0.2) is 0 Å². The molecule has 1 nitrogen and oxygen atoms in total. The van der Waals surface area contributed by atoms with E-state index in [4.69, 9.17) is 0 Å². The van der Waals surface area contributed by atoms with E-state index in [0.717, 1.165) is 17.9 Å². The summed E-state index contributed by atoms with van der Waals surface area (Å²) in [5.74, 6) is 1.87. The van der Waals surface area contributed by atoms with E-state index in [0.29, 0.717) is 0 Å². The van der Waals surface area contributed by atoms with Crippen molar-refractivity contribution in [2.24, 2.45) is 11.8 Å². The predicted octanol–water partition coefficient (Wildman–Crippen LogP) is 3.20. The Balaban J connectivity index is 2.17. The molecule has 0 bridgehead atoms. The largest absolute Gasteiger partial charge is 0.314 e. The van der Waals surface area contributed by atoms with Gasteiger partial charge in [0.25, 0.3) is 0 Å². The maximum Gasteiger partial charge on any atom is 0.00721 e. The van der Waals surface area contributed by atoms with Crippen molar-refractivity contribution >= 4 is 0 Å². The Morgan fingerprint density at radius 3 is 2.23 bits per heavy atom. The molecular formula is C12H25N. The van der Waals surface area contributed by atoms with Crippen LogP contribution in [0.2, 0.25) is 0 Å². The van der Waals surface area contributed by atoms with Gasteiger partial charge in [-0.2, -0.15) is 0 Å². The van der Waals surface area contributed by atoms with E-state index < -0.39 is 0 Å². The zero-order valence-corrected chi connectivity index (χ0v) is 9.47. The summed E-state index contributed by atoms with van der Waals surface area (Å²) < 4.78 is 0. The molecule has 1 aliphatic carbocycles. The van der Waals surface area contributed by atoms with Crippen LogP contribution < -0.4 is 5.32 Å². The predicted molar refractivity (Wildman–Crippen MR) is 58.9 cm³/mol. The minimum Gasteiger partial charge on any atom is -0.314 e. The number of rotatable bonds is 4. The summed E-state index contributed by atoms with van der Waals surface area (Å²) in [6.45, 7) is 8.27. The van der Waals surface area contributed by atoms with Gasteiger partial charge in [-0.1, -0.05) is 27.2 Å². The second-order valence-electron chi connectivity index (χ2n) is 4.92. The van der Waals surface area contributed by atoms with E-state index in [1.54, 1.807) is 0 Å². The van der Waals surface area contributed by atoms with Crippen LogP contribution in [0.25, 0.3) is 0 Å². The Hall–Kier alpha value is -0.0400. The SMILES string of the molecule is CCCCNC1CC(C)CC(C)C1. The molecule has 0 aromatic heterocycles. The smallest absolute Gasteiger partial charge is 0.00721 e. The van der Waals surface area contributed by atoms with Crippen LogP contribution in [0.3, 0.4) is 0 Å². The van der Waals surface area contributed by atoms with Crippen molar-refractivity contribution < 1.29 is 0 Å². The van der Waals surface area contributed by atoms with Crippen molar-refractivity contribution in [3.8, 4) is 0 Å². The van der Waals surface area contributed by atoms with Crippen molar-refractivity contribution in [3.63, 3.8) is 0 Å². The molecule has 1 saturated carbocycles. The number of nitrogens with one attached hydrogen (secondary N) is 1. The molecule has 0 radical (unpaired) electrons. The van der Waals surface area contributed by atoms with Crippen LogP contribution in [0.15, 0.2) is 0 Å². The number of unbranched alkanes of at least 4 members (excludes halogenated alkanes) is 1. The average molecular weight is 183 g/mol. The second kappa shape index (κ2) is 5.64. The van der Waals surface area contributed by atoms with Gasteiger partial charge >= 0.3 is 0 Å². The first-order valence-corrected chi connectivity index (χ1v) is 5.95. The van der Waals surface area contributed by atoms with Crippen molar-refractivity contribution in [1.29, 1.82) is 0 Å². The molecule has 0 amide bonds. The lowest BCUT2D eigenvalue weighted by molar-refractivity contribution is 0.239. The summed E-state index contributed by atoms with van der Waals surface area (Å²) >= 11 is 0. The number of hydrogen-bond donors (Lipinski definition) is 1. The first-order valence-electron chi connectivity index (χ1n) is 5.95. The molecule has 1 aliphatic rings. The molecule has 0 aliphatic heterocycles. The van der Waals surface area contributed by atoms with Crippen LogP contribution in [0, 0.1) is 11.8 Å². The quantitative estimate of drug-likeness (QED) is 0.660. The Labute approximate surface area is 83.3 Å². The highest BCUT2D eigenvalue weighted by Crippen LogP contribution is 2.28. The number of hydrogen-bond acceptors (Lipinski definition) is 1. The molecule has 2 atom stereocenters. The van der Waals surface area contributed by atoms with Gasteiger partial charge in [0.05, 0.1) is 0 Å². The topological polar surface area (TPSA) is 12.0 Å². The lowest BCUT2D eigenvalue weighted by Crippen LogP contribution is -2.36. The van der Waals surface area contributed by atoms with Crippen LogP contribution in [-0.2, 0) is 0 Å². The summed E-state index contributed by atoms with van der Waals surface area (Å²) in [6.07, 6.45) is 6.87. The van der Waals surface area contributed by atoms with Gasteiger partial charge in [0, 0.05) is 6.04 Å². The molecular weight excluding hydrogens is 158 g/mol. The molecule has 0 aromatic carbocycles. The lowest BCUT2D eigenvalue weighted by atomic mass is 9.80. The van der Waals surface area contributed by atoms with Crippen LogP contribution in [0.4, 0.5) is 0 Å². The highest BCUT2D eigenvalue weighted by Gasteiger charge is 2.22. The minimum absolute atomic E-state index is 0.810. The van der Waals surface area contributed by atoms with Gasteiger partial charge in [-0.25, -0.2) is 0 Å². The van der Waals surface area contributed by atoms with Gasteiger partial charge in [0.1, 0.15) is 0 Å². The highest BCUT2D eigenvalue weighted by atomic mass is 14.9. The van der Waals surface area contributed by atoms with Gasteiger partial charge in [-0.3, -0.25) is 0 Å². The van der Waals surface area contributed by atoms with Crippen molar-refractivity contribution in [3.05, 3.63) is 0 Å². The molecule has 0 saturated heterocycles. The summed E-state index contributed by atoms with van der Waals surface area (Å²) in [4.78, 5) is 0. The summed E-state index contributed by atoms with van der Waals surface area (Å²) in [5, 5.41) is 3.68. The fourth-order valence-electron chi connectivity index (χ4n) is 2.60. The third-order valence-electron chi connectivity index (χ3n) is 3.14. The van der Waals surface area contributed by atoms with E-state index in [-0.39, 0.29) is 0 Å². The lowest BCUT2D eigenvalue weighted by Gasteiger charge is -2.32. The molecule has 0 spiro atoms. The van der Waals surface area contributed by atoms with Crippen LogP contribution in [-0.4, -0.2) is 12.6 Å². The standard InChI is InChI=1S/C12H25N/c1-4-5-6-13-12-8-10(2)7-11(3)9-12/h10-13H,4-9H2,1-3H3. The second-order valence-corrected chi connectivity index (χ2v) is 4.92. The summed E-state index contributed by atoms with van der Waals surface area (Å²) in [6, 6.07) is 0.810. The monoisotopic (exact) mass is 183 g/mol. The maximum atomic E-state index is 3.68.